The van der Waals surface area contributed by atoms with Crippen molar-refractivity contribution in [3.05, 3.63) is 24.3 Å². The Labute approximate surface area is 548 Å². The third kappa shape index (κ3) is 64.3. The fourth-order valence-corrected chi connectivity index (χ4v) is 11.8. The van der Waals surface area contributed by atoms with E-state index in [1.165, 1.54) is 154 Å². The smallest absolute Gasteiger partial charge is 0.462 e. The van der Waals surface area contributed by atoms with E-state index in [1.54, 1.807) is 0 Å². The maximum Gasteiger partial charge on any atom is 0.472 e. The maximum absolute atomic E-state index is 13.0. The molecule has 0 aromatic heterocycles. The van der Waals surface area contributed by atoms with E-state index >= 15 is 0 Å². The van der Waals surface area contributed by atoms with Gasteiger partial charge in [0.2, 0.25) is 0 Å². The number of carbonyl (C=O) groups is 4. The van der Waals surface area contributed by atoms with Gasteiger partial charge in [-0.3, -0.25) is 37.3 Å². The van der Waals surface area contributed by atoms with Gasteiger partial charge in [0, 0.05) is 25.7 Å². The van der Waals surface area contributed by atoms with Crippen molar-refractivity contribution >= 4 is 39.5 Å². The number of phosphoric ester groups is 2. The monoisotopic (exact) mass is 1320 g/mol. The molecule has 0 aliphatic rings. The van der Waals surface area contributed by atoms with Crippen LogP contribution in [0.25, 0.3) is 0 Å². The summed E-state index contributed by atoms with van der Waals surface area (Å²) >= 11 is 0. The number of esters is 4. The van der Waals surface area contributed by atoms with Crippen LogP contribution in [0.2, 0.25) is 0 Å². The molecule has 0 amide bonds. The molecule has 0 spiro atoms. The van der Waals surface area contributed by atoms with Gasteiger partial charge in [0.15, 0.2) is 12.2 Å². The minimum absolute atomic E-state index is 0.0929. The van der Waals surface area contributed by atoms with E-state index in [4.69, 9.17) is 37.0 Å². The molecular weight excluding hydrogens is 1190 g/mol. The third-order valence-corrected chi connectivity index (χ3v) is 17.8. The number of phosphoric acid groups is 2. The second-order valence-electron chi connectivity index (χ2n) is 24.9. The Morgan fingerprint density at radius 2 is 0.511 bits per heavy atom. The largest absolute Gasteiger partial charge is 0.472 e. The van der Waals surface area contributed by atoms with Crippen molar-refractivity contribution in [3.63, 3.8) is 0 Å². The molecule has 0 aromatic carbocycles. The van der Waals surface area contributed by atoms with Crippen molar-refractivity contribution in [2.75, 3.05) is 39.6 Å². The molecule has 0 saturated carbocycles. The Balaban J connectivity index is 5.29. The number of ether oxygens (including phenoxy) is 4. The zero-order chi connectivity index (χ0) is 66.1. The number of allylic oxidation sites excluding steroid dienone is 4. The van der Waals surface area contributed by atoms with Gasteiger partial charge < -0.3 is 33.8 Å². The summed E-state index contributed by atoms with van der Waals surface area (Å²) in [5.74, 6) is -2.15. The molecule has 19 heteroatoms. The van der Waals surface area contributed by atoms with Crippen LogP contribution < -0.4 is 0 Å². The summed E-state index contributed by atoms with van der Waals surface area (Å²) in [6.45, 7) is 4.87. The first-order chi connectivity index (χ1) is 43.7. The zero-order valence-corrected chi connectivity index (χ0v) is 59.4. The van der Waals surface area contributed by atoms with Crippen molar-refractivity contribution in [2.24, 2.45) is 0 Å². The summed E-state index contributed by atoms with van der Waals surface area (Å²) in [4.78, 5) is 72.6. The lowest BCUT2D eigenvalue weighted by atomic mass is 10.0. The minimum atomic E-state index is -4.96. The van der Waals surface area contributed by atoms with Gasteiger partial charge in [-0.25, -0.2) is 9.13 Å². The lowest BCUT2D eigenvalue weighted by Gasteiger charge is -2.21. The summed E-state index contributed by atoms with van der Waals surface area (Å²) in [6, 6.07) is 0. The fraction of sp³-hybridized carbons (Fsp3) is 0.887. The number of unbranched alkanes of at least 4 members (excludes halogenated alkanes) is 40. The zero-order valence-electron chi connectivity index (χ0n) is 57.6. The van der Waals surface area contributed by atoms with Crippen molar-refractivity contribution in [1.82, 2.24) is 0 Å². The molecule has 5 atom stereocenters. The van der Waals surface area contributed by atoms with E-state index in [0.717, 1.165) is 116 Å². The highest BCUT2D eigenvalue weighted by Crippen LogP contribution is 2.45. The molecule has 0 radical (unpaired) electrons. The van der Waals surface area contributed by atoms with Crippen LogP contribution in [0.4, 0.5) is 0 Å². The average molecular weight is 1320 g/mol. The molecule has 17 nitrogen and oxygen atoms in total. The molecule has 0 bridgehead atoms. The maximum atomic E-state index is 13.0. The van der Waals surface area contributed by atoms with Gasteiger partial charge >= 0.3 is 39.5 Å². The van der Waals surface area contributed by atoms with Crippen LogP contribution in [-0.4, -0.2) is 96.7 Å². The van der Waals surface area contributed by atoms with Gasteiger partial charge in [-0.2, -0.15) is 0 Å². The van der Waals surface area contributed by atoms with Crippen LogP contribution in [0.5, 0.6) is 0 Å². The minimum Gasteiger partial charge on any atom is -0.462 e. The van der Waals surface area contributed by atoms with E-state index in [-0.39, 0.29) is 25.7 Å². The van der Waals surface area contributed by atoms with Gasteiger partial charge in [0.1, 0.15) is 19.3 Å². The second kappa shape index (κ2) is 65.2. The van der Waals surface area contributed by atoms with Gasteiger partial charge in [-0.1, -0.05) is 270 Å². The summed E-state index contributed by atoms with van der Waals surface area (Å²) in [6.07, 6.45) is 56.1. The number of carbonyl (C=O) groups excluding carboxylic acids is 4. The van der Waals surface area contributed by atoms with E-state index < -0.39 is 97.5 Å². The quantitative estimate of drug-likeness (QED) is 0.0169. The Morgan fingerprint density at radius 3 is 0.778 bits per heavy atom. The first kappa shape index (κ1) is 87.5. The summed E-state index contributed by atoms with van der Waals surface area (Å²) in [5, 5.41) is 10.6. The number of aliphatic hydroxyl groups is 1. The highest BCUT2D eigenvalue weighted by molar-refractivity contribution is 7.47. The van der Waals surface area contributed by atoms with Crippen LogP contribution in [0, 0.1) is 0 Å². The molecule has 90 heavy (non-hydrogen) atoms. The topological polar surface area (TPSA) is 237 Å². The predicted octanol–water partition coefficient (Wildman–Crippen LogP) is 20.2. The Morgan fingerprint density at radius 1 is 0.300 bits per heavy atom. The predicted molar refractivity (Wildman–Crippen MR) is 363 cm³/mol. The van der Waals surface area contributed by atoms with Crippen molar-refractivity contribution < 1.29 is 80.2 Å². The average Bonchev–Trinajstić information content (AvgIpc) is 3.72. The molecule has 0 fully saturated rings. The number of aliphatic hydroxyl groups excluding tert-OH is 1. The standard InChI is InChI=1S/C71H134O17P2/c1-5-9-13-17-21-25-29-32-36-40-44-48-52-56-69(74)82-62-67(88-71(76)58-54-50-46-42-38-34-31-27-23-19-15-11-7-3)64-86-90(79,80)84-60-65(72)59-83-89(77,78)85-63-66(61-81-68(73)55-51-47-43-39-35-28-24-20-16-12-8-4)87-70(75)57-53-49-45-41-37-33-30-26-22-18-14-10-6-2/h26-27,30-31,65-67,72H,5-25,28-29,32-64H2,1-4H3,(H,77,78)(H,79,80)/b30-26-,31-27-. The molecule has 0 aliphatic carbocycles. The third-order valence-electron chi connectivity index (χ3n) is 15.9. The van der Waals surface area contributed by atoms with Crippen molar-refractivity contribution in [3.8, 4) is 0 Å². The van der Waals surface area contributed by atoms with Crippen LogP contribution in [0.1, 0.15) is 349 Å². The molecule has 0 aromatic rings. The fourth-order valence-electron chi connectivity index (χ4n) is 10.3. The van der Waals surface area contributed by atoms with E-state index in [2.05, 4.69) is 52.0 Å². The lowest BCUT2D eigenvalue weighted by molar-refractivity contribution is -0.161. The molecule has 5 unspecified atom stereocenters. The Kier molecular flexibility index (Phi) is 63.4. The Hall–Kier alpha value is -2.46. The van der Waals surface area contributed by atoms with E-state index in [9.17, 15) is 43.2 Å². The molecule has 3 N–H and O–H groups in total. The molecular formula is C71H134O17P2. The molecule has 0 heterocycles. The lowest BCUT2D eigenvalue weighted by Crippen LogP contribution is -2.30. The van der Waals surface area contributed by atoms with Gasteiger partial charge in [0.05, 0.1) is 26.4 Å². The summed E-state index contributed by atoms with van der Waals surface area (Å²) in [5.41, 5.74) is 0. The Bertz CT molecular complexity index is 1820. The second-order valence-corrected chi connectivity index (χ2v) is 27.8. The van der Waals surface area contributed by atoms with Crippen LogP contribution in [0.15, 0.2) is 24.3 Å². The van der Waals surface area contributed by atoms with Crippen molar-refractivity contribution in [1.29, 1.82) is 0 Å². The molecule has 0 rings (SSSR count). The van der Waals surface area contributed by atoms with Gasteiger partial charge in [-0.15, -0.1) is 0 Å². The first-order valence-electron chi connectivity index (χ1n) is 36.6. The van der Waals surface area contributed by atoms with Crippen LogP contribution >= 0.6 is 15.6 Å². The van der Waals surface area contributed by atoms with E-state index in [1.807, 2.05) is 0 Å². The first-order valence-corrected chi connectivity index (χ1v) is 39.6. The van der Waals surface area contributed by atoms with Crippen LogP contribution in [0.3, 0.4) is 0 Å². The summed E-state index contributed by atoms with van der Waals surface area (Å²) in [7, 11) is -9.91. The molecule has 0 aliphatic heterocycles. The molecule has 530 valence electrons. The van der Waals surface area contributed by atoms with Crippen molar-refractivity contribution in [2.45, 2.75) is 367 Å². The van der Waals surface area contributed by atoms with Gasteiger partial charge in [0.25, 0.3) is 0 Å². The van der Waals surface area contributed by atoms with Gasteiger partial charge in [-0.05, 0) is 77.0 Å². The SMILES string of the molecule is CCCCCC/C=C\CCCCCCCC(=O)OC(COC(=O)CCCCCCCCCCCCC)COP(=O)(O)OCC(O)COP(=O)(O)OCC(COC(=O)CCCCCCCCCCCCCCC)OC(=O)CCCCCCC/C=C\CCCCCC. The molecule has 0 saturated heterocycles. The normalized spacial score (nSPS) is 14.2. The number of rotatable bonds is 70. The summed E-state index contributed by atoms with van der Waals surface area (Å²) < 4.78 is 68.3. The van der Waals surface area contributed by atoms with E-state index in [0.29, 0.717) is 25.7 Å². The number of hydrogen-bond donors (Lipinski definition) is 3. The highest BCUT2D eigenvalue weighted by Gasteiger charge is 2.30. The number of hydrogen-bond acceptors (Lipinski definition) is 15. The highest BCUT2D eigenvalue weighted by atomic mass is 31.2. The van der Waals surface area contributed by atoms with Crippen LogP contribution in [-0.2, 0) is 65.4 Å².